The van der Waals surface area contributed by atoms with Gasteiger partial charge in [0.15, 0.2) is 5.69 Å². The summed E-state index contributed by atoms with van der Waals surface area (Å²) in [4.78, 5) is 14.8. The number of rotatable bonds is 4. The monoisotopic (exact) mass is 278 g/mol. The second-order valence-corrected chi connectivity index (χ2v) is 4.89. The SMILES string of the molecule is O=[N+]([O-])c1cc2ccccc2c(CCc2ccccc2)n1. The van der Waals surface area contributed by atoms with Crippen LogP contribution in [0.25, 0.3) is 10.8 Å². The van der Waals surface area contributed by atoms with E-state index < -0.39 is 4.92 Å². The van der Waals surface area contributed by atoms with Crippen molar-refractivity contribution in [1.29, 1.82) is 0 Å². The van der Waals surface area contributed by atoms with E-state index in [0.29, 0.717) is 6.42 Å². The zero-order valence-electron chi connectivity index (χ0n) is 11.4. The van der Waals surface area contributed by atoms with Gasteiger partial charge in [-0.3, -0.25) is 0 Å². The van der Waals surface area contributed by atoms with E-state index in [1.165, 1.54) is 11.6 Å². The van der Waals surface area contributed by atoms with Gasteiger partial charge in [-0.05, 0) is 27.3 Å². The molecule has 4 nitrogen and oxygen atoms in total. The summed E-state index contributed by atoms with van der Waals surface area (Å²) in [5.74, 6) is -0.0863. The molecule has 1 heterocycles. The number of hydrogen-bond acceptors (Lipinski definition) is 3. The zero-order valence-corrected chi connectivity index (χ0v) is 11.4. The van der Waals surface area contributed by atoms with Gasteiger partial charge < -0.3 is 10.1 Å². The van der Waals surface area contributed by atoms with Gasteiger partial charge in [-0.2, -0.15) is 0 Å². The van der Waals surface area contributed by atoms with E-state index in [1.54, 1.807) is 0 Å². The highest BCUT2D eigenvalue weighted by Crippen LogP contribution is 2.23. The minimum Gasteiger partial charge on any atom is -0.358 e. The molecule has 0 fully saturated rings. The molecular formula is C17H14N2O2. The first-order valence-electron chi connectivity index (χ1n) is 6.81. The van der Waals surface area contributed by atoms with E-state index in [-0.39, 0.29) is 5.82 Å². The Balaban J connectivity index is 1.98. The van der Waals surface area contributed by atoms with E-state index >= 15 is 0 Å². The van der Waals surface area contributed by atoms with Crippen molar-refractivity contribution in [3.8, 4) is 0 Å². The van der Waals surface area contributed by atoms with Gasteiger partial charge in [0.2, 0.25) is 0 Å². The van der Waals surface area contributed by atoms with Crippen LogP contribution in [0.2, 0.25) is 0 Å². The van der Waals surface area contributed by atoms with Crippen LogP contribution in [-0.4, -0.2) is 9.91 Å². The quantitative estimate of drug-likeness (QED) is 0.536. The van der Waals surface area contributed by atoms with Crippen molar-refractivity contribution in [2.45, 2.75) is 12.8 Å². The molecule has 0 bridgehead atoms. The molecule has 104 valence electrons. The molecule has 3 rings (SSSR count). The van der Waals surface area contributed by atoms with Crippen LogP contribution in [0.1, 0.15) is 11.3 Å². The van der Waals surface area contributed by atoms with Gasteiger partial charge in [0.25, 0.3) is 0 Å². The number of benzene rings is 2. The summed E-state index contributed by atoms with van der Waals surface area (Å²) in [5.41, 5.74) is 1.98. The minimum atomic E-state index is -0.432. The molecule has 4 heteroatoms. The maximum Gasteiger partial charge on any atom is 0.364 e. The molecule has 21 heavy (non-hydrogen) atoms. The Labute approximate surface area is 122 Å². The minimum absolute atomic E-state index is 0.0863. The van der Waals surface area contributed by atoms with Crippen molar-refractivity contribution >= 4 is 16.6 Å². The van der Waals surface area contributed by atoms with Crippen molar-refractivity contribution in [3.63, 3.8) is 0 Å². The Morgan fingerprint density at radius 2 is 1.67 bits per heavy atom. The third-order valence-corrected chi connectivity index (χ3v) is 3.49. The predicted octanol–water partition coefficient (Wildman–Crippen LogP) is 3.93. The summed E-state index contributed by atoms with van der Waals surface area (Å²) in [6, 6.07) is 19.3. The number of aryl methyl sites for hydroxylation is 2. The maximum atomic E-state index is 11.0. The highest BCUT2D eigenvalue weighted by Gasteiger charge is 2.15. The lowest BCUT2D eigenvalue weighted by Gasteiger charge is -2.03. The summed E-state index contributed by atoms with van der Waals surface area (Å²) in [7, 11) is 0. The Morgan fingerprint density at radius 1 is 0.952 bits per heavy atom. The normalized spacial score (nSPS) is 10.7. The first kappa shape index (κ1) is 13.2. The largest absolute Gasteiger partial charge is 0.364 e. The molecule has 0 spiro atoms. The Morgan fingerprint density at radius 3 is 2.43 bits per heavy atom. The van der Waals surface area contributed by atoms with E-state index in [4.69, 9.17) is 0 Å². The number of aromatic nitrogens is 1. The van der Waals surface area contributed by atoms with Crippen LogP contribution in [0.3, 0.4) is 0 Å². The van der Waals surface area contributed by atoms with Crippen LogP contribution >= 0.6 is 0 Å². The van der Waals surface area contributed by atoms with Gasteiger partial charge in [-0.1, -0.05) is 54.6 Å². The van der Waals surface area contributed by atoms with Crippen LogP contribution in [0.15, 0.2) is 60.7 Å². The smallest absolute Gasteiger partial charge is 0.358 e. The number of nitrogens with zero attached hydrogens (tertiary/aromatic N) is 2. The molecule has 0 aliphatic rings. The van der Waals surface area contributed by atoms with Crippen molar-refractivity contribution in [2.24, 2.45) is 0 Å². The van der Waals surface area contributed by atoms with Gasteiger partial charge in [0.1, 0.15) is 0 Å². The molecule has 0 unspecified atom stereocenters. The number of pyridine rings is 1. The second kappa shape index (κ2) is 5.71. The number of fused-ring (bicyclic) bond motifs is 1. The van der Waals surface area contributed by atoms with Gasteiger partial charge in [-0.25, -0.2) is 0 Å². The van der Waals surface area contributed by atoms with E-state index in [1.807, 2.05) is 42.5 Å². The topological polar surface area (TPSA) is 56.0 Å². The van der Waals surface area contributed by atoms with E-state index in [9.17, 15) is 10.1 Å². The lowest BCUT2D eigenvalue weighted by atomic mass is 10.0. The van der Waals surface area contributed by atoms with E-state index in [0.717, 1.165) is 22.9 Å². The fraction of sp³-hybridized carbons (Fsp3) is 0.118. The van der Waals surface area contributed by atoms with Gasteiger partial charge >= 0.3 is 5.82 Å². The molecule has 0 aliphatic heterocycles. The summed E-state index contributed by atoms with van der Waals surface area (Å²) in [6.07, 6.45) is 1.51. The van der Waals surface area contributed by atoms with Gasteiger partial charge in [-0.15, -0.1) is 0 Å². The fourth-order valence-electron chi connectivity index (χ4n) is 2.45. The van der Waals surface area contributed by atoms with Crippen molar-refractivity contribution < 1.29 is 4.92 Å². The highest BCUT2D eigenvalue weighted by molar-refractivity contribution is 5.86. The van der Waals surface area contributed by atoms with Gasteiger partial charge in [0, 0.05) is 17.9 Å². The molecule has 3 aromatic rings. The predicted molar refractivity (Wildman–Crippen MR) is 82.2 cm³/mol. The first-order valence-corrected chi connectivity index (χ1v) is 6.81. The first-order chi connectivity index (χ1) is 10.2. The summed E-state index contributed by atoms with van der Waals surface area (Å²) in [6.45, 7) is 0. The Bertz CT molecular complexity index is 785. The number of hydrogen-bond donors (Lipinski definition) is 0. The van der Waals surface area contributed by atoms with Crippen LogP contribution in [0.5, 0.6) is 0 Å². The van der Waals surface area contributed by atoms with Crippen LogP contribution in [0, 0.1) is 10.1 Å². The van der Waals surface area contributed by atoms with Crippen molar-refractivity contribution in [3.05, 3.63) is 82.0 Å². The lowest BCUT2D eigenvalue weighted by molar-refractivity contribution is -0.389. The highest BCUT2D eigenvalue weighted by atomic mass is 16.6. The van der Waals surface area contributed by atoms with E-state index in [2.05, 4.69) is 17.1 Å². The number of nitro groups is 1. The van der Waals surface area contributed by atoms with Crippen molar-refractivity contribution in [1.82, 2.24) is 4.98 Å². The average Bonchev–Trinajstić information content (AvgIpc) is 2.53. The molecule has 0 amide bonds. The summed E-state index contributed by atoms with van der Waals surface area (Å²) in [5, 5.41) is 12.9. The van der Waals surface area contributed by atoms with Crippen LogP contribution < -0.4 is 0 Å². The molecule has 0 aliphatic carbocycles. The summed E-state index contributed by atoms with van der Waals surface area (Å²) >= 11 is 0. The third kappa shape index (κ3) is 2.89. The molecule has 0 radical (unpaired) electrons. The Kier molecular flexibility index (Phi) is 3.60. The fourth-order valence-corrected chi connectivity index (χ4v) is 2.45. The lowest BCUT2D eigenvalue weighted by Crippen LogP contribution is -2.00. The van der Waals surface area contributed by atoms with Gasteiger partial charge in [0.05, 0.1) is 0 Å². The zero-order chi connectivity index (χ0) is 14.7. The summed E-state index contributed by atoms with van der Waals surface area (Å²) < 4.78 is 0. The molecule has 1 aromatic heterocycles. The maximum absolute atomic E-state index is 11.0. The van der Waals surface area contributed by atoms with Crippen molar-refractivity contribution in [2.75, 3.05) is 0 Å². The molecule has 0 N–H and O–H groups in total. The molecule has 0 saturated carbocycles. The average molecular weight is 278 g/mol. The molecule has 2 aromatic carbocycles. The Hall–Kier alpha value is -2.75. The molecule has 0 saturated heterocycles. The van der Waals surface area contributed by atoms with Crippen LogP contribution in [0.4, 0.5) is 5.82 Å². The second-order valence-electron chi connectivity index (χ2n) is 4.89. The standard InChI is InChI=1S/C17H14N2O2/c20-19(21)17-12-14-8-4-5-9-15(14)16(18-17)11-10-13-6-2-1-3-7-13/h1-9,12H,10-11H2. The molecule has 0 atom stereocenters. The molecular weight excluding hydrogens is 264 g/mol. The third-order valence-electron chi connectivity index (χ3n) is 3.49. The van der Waals surface area contributed by atoms with Crippen LogP contribution in [-0.2, 0) is 12.8 Å².